The molecule has 3 N–H and O–H groups in total. The number of anilines is 1. The van der Waals surface area contributed by atoms with Gasteiger partial charge in [-0.1, -0.05) is 16.6 Å². The number of nitrogens with two attached hydrogens (primary N) is 1. The van der Waals surface area contributed by atoms with Crippen molar-refractivity contribution < 1.29 is 4.79 Å². The predicted molar refractivity (Wildman–Crippen MR) is 66.8 cm³/mol. The Morgan fingerprint density at radius 1 is 1.47 bits per heavy atom. The van der Waals surface area contributed by atoms with Crippen LogP contribution in [0.4, 0.5) is 5.69 Å². The van der Waals surface area contributed by atoms with Crippen LogP contribution in [0.25, 0.3) is 0 Å². The Balaban J connectivity index is 1.82. The van der Waals surface area contributed by atoms with E-state index in [-0.39, 0.29) is 5.91 Å². The van der Waals surface area contributed by atoms with E-state index in [1.165, 1.54) is 0 Å². The van der Waals surface area contributed by atoms with Gasteiger partial charge >= 0.3 is 0 Å². The average Bonchev–Trinajstić information content (AvgIpc) is 2.82. The van der Waals surface area contributed by atoms with Crippen LogP contribution in [0.1, 0.15) is 16.1 Å². The smallest absolute Gasteiger partial charge is 0.272 e. The highest BCUT2D eigenvalue weighted by molar-refractivity contribution is 7.03. The molecule has 0 bridgehead atoms. The maximum atomic E-state index is 11.5. The van der Waals surface area contributed by atoms with Crippen molar-refractivity contribution >= 4 is 23.1 Å². The van der Waals surface area contributed by atoms with Gasteiger partial charge in [0.05, 0.1) is 0 Å². The second kappa shape index (κ2) is 5.40. The Morgan fingerprint density at radius 2 is 2.35 bits per heavy atom. The molecule has 0 unspecified atom stereocenters. The number of nitrogen functional groups attached to an aromatic ring is 1. The van der Waals surface area contributed by atoms with Crippen LogP contribution in [0.3, 0.4) is 0 Å². The van der Waals surface area contributed by atoms with Gasteiger partial charge in [0.15, 0.2) is 5.69 Å². The molecule has 5 nitrogen and oxygen atoms in total. The second-order valence-corrected chi connectivity index (χ2v) is 4.15. The fraction of sp³-hybridized carbons (Fsp3) is 0.182. The fourth-order valence-electron chi connectivity index (χ4n) is 1.42. The summed E-state index contributed by atoms with van der Waals surface area (Å²) < 4.78 is 3.64. The molecule has 0 radical (unpaired) electrons. The third kappa shape index (κ3) is 3.25. The summed E-state index contributed by atoms with van der Waals surface area (Å²) in [6, 6.07) is 7.61. The van der Waals surface area contributed by atoms with Crippen molar-refractivity contribution in [2.24, 2.45) is 0 Å². The maximum Gasteiger partial charge on any atom is 0.272 e. The molecule has 0 spiro atoms. The lowest BCUT2D eigenvalue weighted by molar-refractivity contribution is 0.0949. The van der Waals surface area contributed by atoms with Crippen LogP contribution in [-0.4, -0.2) is 22.0 Å². The molecule has 0 saturated heterocycles. The first-order valence-electron chi connectivity index (χ1n) is 5.15. The minimum Gasteiger partial charge on any atom is -0.399 e. The summed E-state index contributed by atoms with van der Waals surface area (Å²) >= 11 is 1.16. The normalized spacial score (nSPS) is 10.1. The number of hydrogen-bond acceptors (Lipinski definition) is 5. The summed E-state index contributed by atoms with van der Waals surface area (Å²) in [6.45, 7) is 0.555. The molecule has 1 amide bonds. The molecule has 0 aliphatic heterocycles. The molecule has 1 heterocycles. The molecule has 88 valence electrons. The van der Waals surface area contributed by atoms with Gasteiger partial charge in [-0.3, -0.25) is 4.79 Å². The minimum atomic E-state index is -0.192. The van der Waals surface area contributed by atoms with Gasteiger partial charge in [-0.25, -0.2) is 0 Å². The van der Waals surface area contributed by atoms with Gasteiger partial charge in [0.1, 0.15) is 0 Å². The molecular formula is C11H12N4OS. The van der Waals surface area contributed by atoms with Crippen molar-refractivity contribution in [2.45, 2.75) is 6.42 Å². The van der Waals surface area contributed by atoms with Crippen LogP contribution in [0.15, 0.2) is 29.6 Å². The van der Waals surface area contributed by atoms with Crippen molar-refractivity contribution in [1.29, 1.82) is 0 Å². The first-order chi connectivity index (χ1) is 8.25. The lowest BCUT2D eigenvalue weighted by Crippen LogP contribution is -2.26. The highest BCUT2D eigenvalue weighted by Crippen LogP contribution is 2.06. The van der Waals surface area contributed by atoms with Gasteiger partial charge in [0.25, 0.3) is 5.91 Å². The molecule has 1 aromatic heterocycles. The van der Waals surface area contributed by atoms with E-state index in [0.29, 0.717) is 12.2 Å². The largest absolute Gasteiger partial charge is 0.399 e. The van der Waals surface area contributed by atoms with Crippen LogP contribution in [0, 0.1) is 0 Å². The summed E-state index contributed by atoms with van der Waals surface area (Å²) in [5.74, 6) is -0.192. The van der Waals surface area contributed by atoms with E-state index in [2.05, 4.69) is 14.9 Å². The molecule has 17 heavy (non-hydrogen) atoms. The first kappa shape index (κ1) is 11.5. The number of hydrogen-bond donors (Lipinski definition) is 2. The summed E-state index contributed by atoms with van der Waals surface area (Å²) in [5, 5.41) is 8.09. The van der Waals surface area contributed by atoms with E-state index in [1.54, 1.807) is 5.38 Å². The summed E-state index contributed by atoms with van der Waals surface area (Å²) in [7, 11) is 0. The summed E-state index contributed by atoms with van der Waals surface area (Å²) in [5.41, 5.74) is 7.86. The number of rotatable bonds is 4. The van der Waals surface area contributed by atoms with Crippen molar-refractivity contribution in [3.63, 3.8) is 0 Å². The number of carbonyl (C=O) groups excluding carboxylic acids is 1. The lowest BCUT2D eigenvalue weighted by Gasteiger charge is -2.04. The Morgan fingerprint density at radius 3 is 3.06 bits per heavy atom. The summed E-state index contributed by atoms with van der Waals surface area (Å²) in [6.07, 6.45) is 0.744. The minimum absolute atomic E-state index is 0.192. The molecule has 2 aromatic rings. The highest BCUT2D eigenvalue weighted by Gasteiger charge is 2.07. The zero-order valence-electron chi connectivity index (χ0n) is 9.09. The third-order valence-corrected chi connectivity index (χ3v) is 2.75. The van der Waals surface area contributed by atoms with Gasteiger partial charge in [-0.15, -0.1) is 5.10 Å². The first-order valence-corrected chi connectivity index (χ1v) is 5.99. The standard InChI is InChI=1S/C11H12N4OS/c12-9-3-1-2-8(6-9)4-5-13-11(16)10-7-17-15-14-10/h1-3,6-7H,4-5,12H2,(H,13,16). The zero-order chi connectivity index (χ0) is 12.1. The van der Waals surface area contributed by atoms with Crippen molar-refractivity contribution in [3.8, 4) is 0 Å². The Kier molecular flexibility index (Phi) is 3.66. The topological polar surface area (TPSA) is 80.9 Å². The SMILES string of the molecule is Nc1cccc(CCNC(=O)c2csnn2)c1. The van der Waals surface area contributed by atoms with Gasteiger partial charge in [-0.05, 0) is 35.6 Å². The van der Waals surface area contributed by atoms with Crippen LogP contribution in [0.5, 0.6) is 0 Å². The molecule has 2 rings (SSSR count). The number of nitrogens with zero attached hydrogens (tertiary/aromatic N) is 2. The highest BCUT2D eigenvalue weighted by atomic mass is 32.1. The van der Waals surface area contributed by atoms with E-state index in [0.717, 1.165) is 29.2 Å². The third-order valence-electron chi connectivity index (χ3n) is 2.24. The van der Waals surface area contributed by atoms with Gasteiger partial charge in [-0.2, -0.15) is 0 Å². The summed E-state index contributed by atoms with van der Waals surface area (Å²) in [4.78, 5) is 11.5. The van der Waals surface area contributed by atoms with Crippen molar-refractivity contribution in [2.75, 3.05) is 12.3 Å². The van der Waals surface area contributed by atoms with Crippen LogP contribution in [0.2, 0.25) is 0 Å². The van der Waals surface area contributed by atoms with Crippen LogP contribution < -0.4 is 11.1 Å². The molecule has 0 saturated carbocycles. The average molecular weight is 248 g/mol. The quantitative estimate of drug-likeness (QED) is 0.794. The van der Waals surface area contributed by atoms with Crippen LogP contribution >= 0.6 is 11.5 Å². The van der Waals surface area contributed by atoms with E-state index in [1.807, 2.05) is 24.3 Å². The Bertz CT molecular complexity index is 498. The lowest BCUT2D eigenvalue weighted by atomic mass is 10.1. The van der Waals surface area contributed by atoms with Gasteiger partial charge in [0.2, 0.25) is 0 Å². The monoisotopic (exact) mass is 248 g/mol. The maximum absolute atomic E-state index is 11.5. The molecule has 1 aromatic carbocycles. The number of aromatic nitrogens is 2. The Labute approximate surface area is 103 Å². The van der Waals surface area contributed by atoms with E-state index in [9.17, 15) is 4.79 Å². The fourth-order valence-corrected chi connectivity index (χ4v) is 1.86. The number of amides is 1. The number of nitrogens with one attached hydrogen (secondary N) is 1. The number of carbonyl (C=O) groups is 1. The van der Waals surface area contributed by atoms with Crippen molar-refractivity contribution in [1.82, 2.24) is 14.9 Å². The number of benzene rings is 1. The zero-order valence-corrected chi connectivity index (χ0v) is 9.91. The second-order valence-electron chi connectivity index (χ2n) is 3.54. The van der Waals surface area contributed by atoms with Gasteiger partial charge in [0, 0.05) is 17.6 Å². The molecule has 0 fully saturated rings. The molecule has 0 aliphatic carbocycles. The Hall–Kier alpha value is -1.95. The van der Waals surface area contributed by atoms with Gasteiger partial charge < -0.3 is 11.1 Å². The molecule has 0 aliphatic rings. The van der Waals surface area contributed by atoms with Crippen molar-refractivity contribution in [3.05, 3.63) is 40.9 Å². The molecule has 6 heteroatoms. The van der Waals surface area contributed by atoms with Crippen LogP contribution in [-0.2, 0) is 6.42 Å². The predicted octanol–water partition coefficient (Wildman–Crippen LogP) is 1.09. The van der Waals surface area contributed by atoms with E-state index in [4.69, 9.17) is 5.73 Å². The molecule has 0 atom stereocenters. The van der Waals surface area contributed by atoms with E-state index < -0.39 is 0 Å². The van der Waals surface area contributed by atoms with E-state index >= 15 is 0 Å². The molecular weight excluding hydrogens is 236 g/mol.